The molecule has 0 aromatic carbocycles. The van der Waals surface area contributed by atoms with E-state index in [0.29, 0.717) is 10.5 Å². The van der Waals surface area contributed by atoms with Crippen LogP contribution >= 0.6 is 35.8 Å². The van der Waals surface area contributed by atoms with Crippen LogP contribution in [0.25, 0.3) is 0 Å². The van der Waals surface area contributed by atoms with Crippen molar-refractivity contribution in [1.82, 2.24) is 15.3 Å². The van der Waals surface area contributed by atoms with E-state index in [1.165, 1.54) is 6.42 Å². The summed E-state index contributed by atoms with van der Waals surface area (Å²) in [5.74, 6) is 0. The van der Waals surface area contributed by atoms with Crippen LogP contribution in [-0.2, 0) is 0 Å². The molecule has 1 N–H and O–H groups in total. The van der Waals surface area contributed by atoms with Gasteiger partial charge in [-0.25, -0.2) is 9.97 Å². The van der Waals surface area contributed by atoms with Crippen molar-refractivity contribution in [3.63, 3.8) is 0 Å². The topological polar surface area (TPSA) is 37.8 Å². The number of hydrogen-bond donors (Lipinski definition) is 1. The Labute approximate surface area is 98.5 Å². The lowest BCUT2D eigenvalue weighted by Crippen LogP contribution is -2.10. The molecule has 0 amide bonds. The predicted molar refractivity (Wildman–Crippen MR) is 61.4 cm³/mol. The van der Waals surface area contributed by atoms with Crippen molar-refractivity contribution < 1.29 is 0 Å². The van der Waals surface area contributed by atoms with Crippen LogP contribution in [0.4, 0.5) is 0 Å². The minimum atomic E-state index is 0. The number of rotatable bonds is 2. The van der Waals surface area contributed by atoms with E-state index in [2.05, 4.69) is 15.3 Å². The first-order chi connectivity index (χ1) is 6.34. The molecule has 78 valence electrons. The molecule has 0 aliphatic carbocycles. The molecule has 2 rings (SSSR count). The van der Waals surface area contributed by atoms with E-state index in [4.69, 9.17) is 11.6 Å². The molecule has 6 heteroatoms. The minimum Gasteiger partial charge on any atom is -0.316 e. The largest absolute Gasteiger partial charge is 0.316 e. The average molecular weight is 252 g/mol. The van der Waals surface area contributed by atoms with Crippen molar-refractivity contribution in [2.75, 3.05) is 13.1 Å². The third-order valence-corrected chi connectivity index (χ3v) is 3.29. The molecule has 1 fully saturated rings. The van der Waals surface area contributed by atoms with Crippen molar-refractivity contribution in [2.45, 2.75) is 16.7 Å². The van der Waals surface area contributed by atoms with Crippen LogP contribution < -0.4 is 5.32 Å². The van der Waals surface area contributed by atoms with Crippen LogP contribution in [0.1, 0.15) is 6.42 Å². The molecule has 0 spiro atoms. The summed E-state index contributed by atoms with van der Waals surface area (Å²) >= 11 is 7.45. The molecule has 1 aliphatic rings. The van der Waals surface area contributed by atoms with Crippen molar-refractivity contribution in [2.24, 2.45) is 0 Å². The van der Waals surface area contributed by atoms with Gasteiger partial charge >= 0.3 is 0 Å². The molecule has 1 saturated heterocycles. The molecule has 1 aromatic heterocycles. The second kappa shape index (κ2) is 5.75. The van der Waals surface area contributed by atoms with Gasteiger partial charge in [0.2, 0.25) is 5.28 Å². The molecule has 0 radical (unpaired) electrons. The van der Waals surface area contributed by atoms with E-state index in [1.807, 2.05) is 6.07 Å². The third-order valence-electron chi connectivity index (χ3n) is 1.90. The fraction of sp³-hybridized carbons (Fsp3) is 0.500. The Kier molecular flexibility index (Phi) is 4.95. The predicted octanol–water partition coefficient (Wildman–Crippen LogP) is 2.01. The Morgan fingerprint density at radius 3 is 3.07 bits per heavy atom. The molecule has 1 aliphatic heterocycles. The summed E-state index contributed by atoms with van der Waals surface area (Å²) in [5, 5.41) is 5.24. The fourth-order valence-electron chi connectivity index (χ4n) is 1.28. The Morgan fingerprint density at radius 1 is 1.57 bits per heavy atom. The summed E-state index contributed by atoms with van der Waals surface area (Å²) in [5.41, 5.74) is 0. The van der Waals surface area contributed by atoms with Crippen molar-refractivity contribution >= 4 is 35.8 Å². The summed E-state index contributed by atoms with van der Waals surface area (Å²) in [6.45, 7) is 2.17. The van der Waals surface area contributed by atoms with E-state index < -0.39 is 0 Å². The highest BCUT2D eigenvalue weighted by Crippen LogP contribution is 2.25. The SMILES string of the molecule is Cl.Clc1nccc(SC2CCNC2)n1. The molecule has 2 heterocycles. The van der Waals surface area contributed by atoms with Crippen LogP contribution in [0, 0.1) is 0 Å². The maximum absolute atomic E-state index is 5.68. The maximum Gasteiger partial charge on any atom is 0.223 e. The van der Waals surface area contributed by atoms with Gasteiger partial charge in [0.25, 0.3) is 0 Å². The number of hydrogen-bond acceptors (Lipinski definition) is 4. The zero-order valence-electron chi connectivity index (χ0n) is 7.44. The summed E-state index contributed by atoms with van der Waals surface area (Å²) in [7, 11) is 0. The first-order valence-electron chi connectivity index (χ1n) is 4.20. The maximum atomic E-state index is 5.68. The second-order valence-corrected chi connectivity index (χ2v) is 4.56. The van der Waals surface area contributed by atoms with E-state index in [9.17, 15) is 0 Å². The lowest BCUT2D eigenvalue weighted by molar-refractivity contribution is 0.858. The van der Waals surface area contributed by atoms with Crippen molar-refractivity contribution in [3.05, 3.63) is 17.5 Å². The van der Waals surface area contributed by atoms with Crippen LogP contribution in [0.5, 0.6) is 0 Å². The van der Waals surface area contributed by atoms with Gasteiger partial charge in [-0.2, -0.15) is 0 Å². The van der Waals surface area contributed by atoms with Gasteiger partial charge in [0, 0.05) is 18.0 Å². The van der Waals surface area contributed by atoms with Gasteiger partial charge < -0.3 is 5.32 Å². The van der Waals surface area contributed by atoms with Gasteiger partial charge in [-0.1, -0.05) is 0 Å². The minimum absolute atomic E-state index is 0. The standard InChI is InChI=1S/C8H10ClN3S.ClH/c9-8-11-4-2-7(12-8)13-6-1-3-10-5-6;/h2,4,6,10H,1,3,5H2;1H. The molecule has 3 nitrogen and oxygen atoms in total. The zero-order chi connectivity index (χ0) is 9.10. The quantitative estimate of drug-likeness (QED) is 0.645. The molecular weight excluding hydrogens is 241 g/mol. The number of nitrogens with zero attached hydrogens (tertiary/aromatic N) is 2. The molecule has 1 aromatic rings. The highest BCUT2D eigenvalue weighted by Gasteiger charge is 2.16. The van der Waals surface area contributed by atoms with Crippen molar-refractivity contribution in [3.8, 4) is 0 Å². The lowest BCUT2D eigenvalue weighted by Gasteiger charge is -2.05. The van der Waals surface area contributed by atoms with E-state index >= 15 is 0 Å². The second-order valence-electron chi connectivity index (χ2n) is 2.90. The zero-order valence-corrected chi connectivity index (χ0v) is 9.83. The van der Waals surface area contributed by atoms with Crippen molar-refractivity contribution in [1.29, 1.82) is 0 Å². The monoisotopic (exact) mass is 251 g/mol. The van der Waals surface area contributed by atoms with Gasteiger partial charge in [0.05, 0.1) is 0 Å². The first-order valence-corrected chi connectivity index (χ1v) is 5.46. The molecular formula is C8H11Cl2N3S. The van der Waals surface area contributed by atoms with Gasteiger partial charge in [0.1, 0.15) is 5.03 Å². The Bertz CT molecular complexity index is 292. The summed E-state index contributed by atoms with van der Waals surface area (Å²) in [6, 6.07) is 1.90. The normalized spacial score (nSPS) is 20.5. The Balaban J connectivity index is 0.000000980. The third kappa shape index (κ3) is 3.28. The fourth-order valence-corrected chi connectivity index (χ4v) is 2.54. The van der Waals surface area contributed by atoms with Crippen LogP contribution in [0.2, 0.25) is 5.28 Å². The van der Waals surface area contributed by atoms with E-state index in [-0.39, 0.29) is 12.4 Å². The molecule has 0 bridgehead atoms. The average Bonchev–Trinajstić information content (AvgIpc) is 2.57. The molecule has 1 unspecified atom stereocenters. The summed E-state index contributed by atoms with van der Waals surface area (Å²) in [4.78, 5) is 7.97. The smallest absolute Gasteiger partial charge is 0.223 e. The number of thioether (sulfide) groups is 1. The molecule has 0 saturated carbocycles. The Hall–Kier alpha value is -0.0300. The number of nitrogens with one attached hydrogen (secondary N) is 1. The highest BCUT2D eigenvalue weighted by atomic mass is 35.5. The summed E-state index contributed by atoms with van der Waals surface area (Å²) in [6.07, 6.45) is 2.90. The van der Waals surface area contributed by atoms with Gasteiger partial charge in [0.15, 0.2) is 0 Å². The molecule has 1 atom stereocenters. The highest BCUT2D eigenvalue weighted by molar-refractivity contribution is 7.99. The first kappa shape index (κ1) is 12.0. The van der Waals surface area contributed by atoms with Crippen LogP contribution in [-0.4, -0.2) is 28.3 Å². The summed E-state index contributed by atoms with van der Waals surface area (Å²) < 4.78 is 0. The Morgan fingerprint density at radius 2 is 2.43 bits per heavy atom. The molecule has 14 heavy (non-hydrogen) atoms. The number of halogens is 2. The van der Waals surface area contributed by atoms with Gasteiger partial charge in [-0.15, -0.1) is 24.2 Å². The van der Waals surface area contributed by atoms with E-state index in [1.54, 1.807) is 18.0 Å². The van der Waals surface area contributed by atoms with Crippen LogP contribution in [0.3, 0.4) is 0 Å². The van der Waals surface area contributed by atoms with Gasteiger partial charge in [-0.3, -0.25) is 0 Å². The lowest BCUT2D eigenvalue weighted by atomic mass is 10.4. The van der Waals surface area contributed by atoms with Crippen LogP contribution in [0.15, 0.2) is 17.3 Å². The number of aromatic nitrogens is 2. The van der Waals surface area contributed by atoms with Gasteiger partial charge in [-0.05, 0) is 30.6 Å². The van der Waals surface area contributed by atoms with E-state index in [0.717, 1.165) is 18.1 Å².